The molecule has 0 aliphatic carbocycles. The summed E-state index contributed by atoms with van der Waals surface area (Å²) in [5.41, 5.74) is 1.16. The second kappa shape index (κ2) is 15.4. The lowest BCUT2D eigenvalue weighted by atomic mass is 10.1. The molecule has 0 aromatic heterocycles. The first-order valence-corrected chi connectivity index (χ1v) is 12.0. The molecule has 0 saturated heterocycles. The van der Waals surface area contributed by atoms with E-state index in [4.69, 9.17) is 27.7 Å². The zero-order chi connectivity index (χ0) is 27.3. The van der Waals surface area contributed by atoms with Crippen LogP contribution in [0.4, 0.5) is 0 Å². The second-order valence-corrected chi connectivity index (χ2v) is 9.00. The smallest absolute Gasteiger partial charge is 0.394 e. The summed E-state index contributed by atoms with van der Waals surface area (Å²) in [7, 11) is -4.67. The van der Waals surface area contributed by atoms with Gasteiger partial charge in [0.05, 0.1) is 12.2 Å². The third kappa shape index (κ3) is 15.8. The molecular weight excluding hydrogens is 484 g/mol. The number of phenolic OH excluding ortho intramolecular Hbond substituents is 4. The third-order valence-electron chi connectivity index (χ3n) is 4.21. The van der Waals surface area contributed by atoms with Gasteiger partial charge in [-0.2, -0.15) is 8.42 Å². The van der Waals surface area contributed by atoms with E-state index in [0.29, 0.717) is 36.3 Å². The van der Waals surface area contributed by atoms with Crippen molar-refractivity contribution in [3.63, 3.8) is 0 Å². The van der Waals surface area contributed by atoms with Crippen LogP contribution in [0.5, 0.6) is 23.0 Å². The Bertz CT molecular complexity index is 926. The lowest BCUT2D eigenvalue weighted by molar-refractivity contribution is 0.171. The minimum absolute atomic E-state index is 0.178. The Kier molecular flexibility index (Phi) is 14.2. The van der Waals surface area contributed by atoms with E-state index < -0.39 is 22.6 Å². The van der Waals surface area contributed by atoms with Crippen molar-refractivity contribution < 1.29 is 48.2 Å². The van der Waals surface area contributed by atoms with Crippen molar-refractivity contribution in [1.29, 1.82) is 0 Å². The van der Waals surface area contributed by atoms with Gasteiger partial charge in [-0.3, -0.25) is 9.11 Å². The zero-order valence-electron chi connectivity index (χ0n) is 20.0. The summed E-state index contributed by atoms with van der Waals surface area (Å²) >= 11 is 0. The highest BCUT2D eigenvalue weighted by Gasteiger charge is 2.11. The molecule has 35 heavy (non-hydrogen) atoms. The summed E-state index contributed by atoms with van der Waals surface area (Å²) in [5.74, 6) is -0.780. The number of hydrogen-bond acceptors (Lipinski definition) is 10. The minimum atomic E-state index is -4.67. The lowest BCUT2D eigenvalue weighted by Gasteiger charge is -2.14. The maximum Gasteiger partial charge on any atom is 0.394 e. The number of nitrogens with one attached hydrogen (secondary N) is 2. The molecule has 0 bridgehead atoms. The van der Waals surface area contributed by atoms with Gasteiger partial charge in [-0.15, -0.1) is 0 Å². The second-order valence-electron chi connectivity index (χ2n) is 8.10. The minimum Gasteiger partial charge on any atom is -0.504 e. The SMILES string of the molecule is CC(C)NC[C@H](O)c1ccc(O)c(O)c1.CC(C)NC[C@H](O)c1ccc(O)c(O)c1.O=S(=O)(O)O. The van der Waals surface area contributed by atoms with Gasteiger partial charge in [0.15, 0.2) is 23.0 Å². The predicted octanol–water partition coefficient (Wildman–Crippen LogP) is 1.61. The van der Waals surface area contributed by atoms with Crippen LogP contribution in [0.25, 0.3) is 0 Å². The number of aromatic hydroxyl groups is 4. The summed E-state index contributed by atoms with van der Waals surface area (Å²) in [4.78, 5) is 0. The van der Waals surface area contributed by atoms with E-state index in [2.05, 4.69) is 10.6 Å². The van der Waals surface area contributed by atoms with Crippen LogP contribution >= 0.6 is 0 Å². The van der Waals surface area contributed by atoms with Gasteiger partial charge in [0, 0.05) is 25.2 Å². The summed E-state index contributed by atoms with van der Waals surface area (Å²) in [6, 6.07) is 9.22. The van der Waals surface area contributed by atoms with Crippen LogP contribution in [0.3, 0.4) is 0 Å². The highest BCUT2D eigenvalue weighted by molar-refractivity contribution is 7.79. The van der Waals surface area contributed by atoms with Crippen molar-refractivity contribution >= 4 is 10.4 Å². The van der Waals surface area contributed by atoms with Crippen molar-refractivity contribution in [2.24, 2.45) is 0 Å². The molecule has 2 atom stereocenters. The van der Waals surface area contributed by atoms with E-state index >= 15 is 0 Å². The molecule has 2 rings (SSSR count). The van der Waals surface area contributed by atoms with Gasteiger partial charge in [-0.1, -0.05) is 39.8 Å². The van der Waals surface area contributed by atoms with Crippen LogP contribution in [-0.2, 0) is 10.4 Å². The standard InChI is InChI=1S/2C11H17NO3.H2O4S/c2*1-7(2)12-6-11(15)8-3-4-9(13)10(14)5-8;1-5(2,3)4/h2*3-5,7,11-15H,6H2,1-2H3;(H2,1,2,3,4)/t2*11-;/m00./s1. The van der Waals surface area contributed by atoms with Crippen LogP contribution < -0.4 is 10.6 Å². The van der Waals surface area contributed by atoms with Gasteiger partial charge in [-0.05, 0) is 35.4 Å². The molecule has 0 unspecified atom stereocenters. The van der Waals surface area contributed by atoms with E-state index in [0.717, 1.165) is 0 Å². The Labute approximate surface area is 205 Å². The largest absolute Gasteiger partial charge is 0.504 e. The van der Waals surface area contributed by atoms with E-state index in [-0.39, 0.29) is 23.0 Å². The number of rotatable bonds is 8. The summed E-state index contributed by atoms with van der Waals surface area (Å²) in [6.45, 7) is 8.79. The number of benzene rings is 2. The van der Waals surface area contributed by atoms with Crippen molar-refractivity contribution in [2.45, 2.75) is 52.0 Å². The highest BCUT2D eigenvalue weighted by atomic mass is 32.3. The molecule has 0 aliphatic heterocycles. The Morgan fingerprint density at radius 1 is 0.657 bits per heavy atom. The fourth-order valence-corrected chi connectivity index (χ4v) is 2.43. The van der Waals surface area contributed by atoms with Gasteiger partial charge in [0.25, 0.3) is 0 Å². The maximum absolute atomic E-state index is 9.73. The summed E-state index contributed by atoms with van der Waals surface area (Å²) in [6.07, 6.45) is -1.36. The Hall–Kier alpha value is -2.65. The van der Waals surface area contributed by atoms with Crippen LogP contribution in [0.15, 0.2) is 36.4 Å². The molecule has 0 heterocycles. The average molecular weight is 521 g/mol. The molecule has 2 aromatic carbocycles. The molecule has 0 saturated carbocycles. The van der Waals surface area contributed by atoms with Gasteiger partial charge in [0.2, 0.25) is 0 Å². The Morgan fingerprint density at radius 2 is 0.943 bits per heavy atom. The fraction of sp³-hybridized carbons (Fsp3) is 0.455. The predicted molar refractivity (Wildman–Crippen MR) is 130 cm³/mol. The van der Waals surface area contributed by atoms with Crippen molar-refractivity contribution in [3.05, 3.63) is 47.5 Å². The quantitative estimate of drug-likeness (QED) is 0.177. The van der Waals surface area contributed by atoms with E-state index in [1.54, 1.807) is 12.1 Å². The third-order valence-corrected chi connectivity index (χ3v) is 4.21. The van der Waals surface area contributed by atoms with Crippen LogP contribution in [0.1, 0.15) is 51.0 Å². The molecule has 12 nitrogen and oxygen atoms in total. The number of hydrogen-bond donors (Lipinski definition) is 10. The van der Waals surface area contributed by atoms with Crippen LogP contribution in [-0.4, -0.2) is 73.3 Å². The normalized spacial score (nSPS) is 12.9. The van der Waals surface area contributed by atoms with Crippen molar-refractivity contribution in [3.8, 4) is 23.0 Å². The molecule has 200 valence electrons. The Balaban J connectivity index is 0.000000555. The molecule has 0 fully saturated rings. The van der Waals surface area contributed by atoms with Gasteiger partial charge in [-0.25, -0.2) is 0 Å². The first-order valence-electron chi connectivity index (χ1n) is 10.6. The topological polar surface area (TPSA) is 220 Å². The monoisotopic (exact) mass is 520 g/mol. The van der Waals surface area contributed by atoms with E-state index in [1.807, 2.05) is 27.7 Å². The van der Waals surface area contributed by atoms with E-state index in [1.165, 1.54) is 24.3 Å². The molecule has 0 radical (unpaired) electrons. The van der Waals surface area contributed by atoms with Crippen molar-refractivity contribution in [2.75, 3.05) is 13.1 Å². The fourth-order valence-electron chi connectivity index (χ4n) is 2.43. The summed E-state index contributed by atoms with van der Waals surface area (Å²) in [5, 5.41) is 62.3. The average Bonchev–Trinajstić information content (AvgIpc) is 2.73. The first-order chi connectivity index (χ1) is 16.0. The highest BCUT2D eigenvalue weighted by Crippen LogP contribution is 2.28. The maximum atomic E-state index is 9.73. The first kappa shape index (κ1) is 32.4. The molecule has 0 amide bonds. The van der Waals surface area contributed by atoms with Gasteiger partial charge in [0.1, 0.15) is 0 Å². The van der Waals surface area contributed by atoms with Gasteiger partial charge < -0.3 is 41.3 Å². The van der Waals surface area contributed by atoms with Crippen LogP contribution in [0.2, 0.25) is 0 Å². The zero-order valence-corrected chi connectivity index (χ0v) is 20.8. The van der Waals surface area contributed by atoms with Gasteiger partial charge >= 0.3 is 10.4 Å². The molecule has 10 N–H and O–H groups in total. The number of aliphatic hydroxyl groups is 2. The van der Waals surface area contributed by atoms with Crippen LogP contribution in [0, 0.1) is 0 Å². The lowest BCUT2D eigenvalue weighted by Crippen LogP contribution is -2.27. The Morgan fingerprint density at radius 3 is 1.17 bits per heavy atom. The number of phenols is 4. The number of aliphatic hydroxyl groups excluding tert-OH is 2. The molecular formula is C22H36N2O10S. The molecule has 0 spiro atoms. The molecule has 13 heteroatoms. The summed E-state index contributed by atoms with van der Waals surface area (Å²) < 4.78 is 31.6. The molecule has 0 aliphatic rings. The van der Waals surface area contributed by atoms with Crippen molar-refractivity contribution in [1.82, 2.24) is 10.6 Å². The van der Waals surface area contributed by atoms with E-state index in [9.17, 15) is 20.4 Å². The molecule has 2 aromatic rings.